The summed E-state index contributed by atoms with van der Waals surface area (Å²) < 4.78 is 40.0. The molecule has 170 valence electrons. The molecule has 1 aliphatic heterocycles. The van der Waals surface area contributed by atoms with Crippen LogP contribution in [0.25, 0.3) is 5.65 Å². The highest BCUT2D eigenvalue weighted by Crippen LogP contribution is 2.29. The Morgan fingerprint density at radius 1 is 1.06 bits per heavy atom. The van der Waals surface area contributed by atoms with Gasteiger partial charge in [0.2, 0.25) is 5.91 Å². The summed E-state index contributed by atoms with van der Waals surface area (Å²) in [6.07, 6.45) is -3.43. The highest BCUT2D eigenvalue weighted by atomic mass is 19.4. The number of benzene rings is 1. The van der Waals surface area contributed by atoms with Gasteiger partial charge in [0.15, 0.2) is 5.65 Å². The first-order chi connectivity index (χ1) is 15.1. The molecule has 2 aromatic heterocycles. The number of hydrogen-bond acceptors (Lipinski definition) is 5. The summed E-state index contributed by atoms with van der Waals surface area (Å²) in [5, 5.41) is 13.9. The van der Waals surface area contributed by atoms with Crippen molar-refractivity contribution in [2.75, 3.05) is 24.5 Å². The molecule has 4 rings (SSSR count). The maximum Gasteiger partial charge on any atom is 0.453 e. The number of nitrogens with one attached hydrogen (secondary N) is 1. The molecule has 1 amide bonds. The number of carbonyl (C=O) groups is 1. The standard InChI is InChI=1S/C22H25F3N6O/c1-21(2,16-6-4-3-5-7-16)14-26-19(32)15-10-12-30(13-11-15)18-9-8-17-27-28-20(22(23,24)25)31(17)29-18/h3-9,15H,10-14H2,1-2H3,(H,26,32). The van der Waals surface area contributed by atoms with E-state index in [2.05, 4.69) is 46.6 Å². The van der Waals surface area contributed by atoms with E-state index in [9.17, 15) is 18.0 Å². The van der Waals surface area contributed by atoms with Gasteiger partial charge in [-0.15, -0.1) is 15.3 Å². The van der Waals surface area contributed by atoms with Crippen LogP contribution in [0.1, 0.15) is 38.1 Å². The van der Waals surface area contributed by atoms with Gasteiger partial charge in [-0.2, -0.15) is 17.7 Å². The quantitative estimate of drug-likeness (QED) is 0.650. The molecule has 1 aliphatic rings. The predicted molar refractivity (Wildman–Crippen MR) is 113 cm³/mol. The smallest absolute Gasteiger partial charge is 0.355 e. The monoisotopic (exact) mass is 446 g/mol. The summed E-state index contributed by atoms with van der Waals surface area (Å²) in [5.74, 6) is -0.867. The molecule has 0 radical (unpaired) electrons. The van der Waals surface area contributed by atoms with Gasteiger partial charge >= 0.3 is 6.18 Å². The fraction of sp³-hybridized carbons (Fsp3) is 0.455. The molecule has 0 bridgehead atoms. The molecule has 32 heavy (non-hydrogen) atoms. The van der Waals surface area contributed by atoms with Gasteiger partial charge in [-0.05, 0) is 30.5 Å². The highest BCUT2D eigenvalue weighted by molar-refractivity contribution is 5.79. The zero-order valence-electron chi connectivity index (χ0n) is 17.9. The summed E-state index contributed by atoms with van der Waals surface area (Å²) in [4.78, 5) is 14.6. The van der Waals surface area contributed by atoms with E-state index in [4.69, 9.17) is 0 Å². The lowest BCUT2D eigenvalue weighted by molar-refractivity contribution is -0.146. The van der Waals surface area contributed by atoms with Crippen molar-refractivity contribution < 1.29 is 18.0 Å². The maximum absolute atomic E-state index is 13.1. The number of piperidine rings is 1. The average molecular weight is 446 g/mol. The lowest BCUT2D eigenvalue weighted by atomic mass is 9.84. The van der Waals surface area contributed by atoms with Crippen LogP contribution in [0.5, 0.6) is 0 Å². The molecule has 3 aromatic rings. The fourth-order valence-electron chi connectivity index (χ4n) is 3.94. The van der Waals surface area contributed by atoms with Gasteiger partial charge in [0.05, 0.1) is 0 Å². The van der Waals surface area contributed by atoms with Gasteiger partial charge in [-0.3, -0.25) is 4.79 Å². The first-order valence-electron chi connectivity index (χ1n) is 10.5. The van der Waals surface area contributed by atoms with Crippen LogP contribution < -0.4 is 10.2 Å². The second kappa shape index (κ2) is 8.40. The number of rotatable bonds is 5. The second-order valence-corrected chi connectivity index (χ2v) is 8.71. The Bertz CT molecular complexity index is 1090. The van der Waals surface area contributed by atoms with Gasteiger partial charge in [-0.1, -0.05) is 44.2 Å². The van der Waals surface area contributed by atoms with E-state index < -0.39 is 12.0 Å². The first-order valence-corrected chi connectivity index (χ1v) is 10.5. The Morgan fingerprint density at radius 3 is 2.41 bits per heavy atom. The van der Waals surface area contributed by atoms with Crippen LogP contribution in [0.3, 0.4) is 0 Å². The zero-order chi connectivity index (χ0) is 22.9. The van der Waals surface area contributed by atoms with E-state index in [0.717, 1.165) is 10.1 Å². The van der Waals surface area contributed by atoms with E-state index in [1.807, 2.05) is 23.1 Å². The summed E-state index contributed by atoms with van der Waals surface area (Å²) in [6, 6.07) is 13.1. The van der Waals surface area contributed by atoms with Crippen LogP contribution in [0.2, 0.25) is 0 Å². The van der Waals surface area contributed by atoms with Crippen LogP contribution in [0.15, 0.2) is 42.5 Å². The SMILES string of the molecule is CC(C)(CNC(=O)C1CCN(c2ccc3nnc(C(F)(F)F)n3n2)CC1)c1ccccc1. The third-order valence-electron chi connectivity index (χ3n) is 5.95. The summed E-state index contributed by atoms with van der Waals surface area (Å²) in [6.45, 7) is 5.77. The Balaban J connectivity index is 1.36. The van der Waals surface area contributed by atoms with E-state index >= 15 is 0 Å². The van der Waals surface area contributed by atoms with Crippen LogP contribution >= 0.6 is 0 Å². The van der Waals surface area contributed by atoms with Gasteiger partial charge in [0, 0.05) is 31.0 Å². The summed E-state index contributed by atoms with van der Waals surface area (Å²) in [7, 11) is 0. The van der Waals surface area contributed by atoms with Crippen molar-refractivity contribution in [3.63, 3.8) is 0 Å². The van der Waals surface area contributed by atoms with Crippen molar-refractivity contribution in [3.8, 4) is 0 Å². The number of carbonyl (C=O) groups excluding carboxylic acids is 1. The molecule has 0 spiro atoms. The van der Waals surface area contributed by atoms with E-state index in [0.29, 0.717) is 38.3 Å². The molecule has 10 heteroatoms. The van der Waals surface area contributed by atoms with Gasteiger partial charge < -0.3 is 10.2 Å². The Labute approximate surface area is 183 Å². The van der Waals surface area contributed by atoms with Crippen LogP contribution in [0, 0.1) is 5.92 Å². The molecular formula is C22H25F3N6O. The molecule has 0 unspecified atom stereocenters. The Hall–Kier alpha value is -3.17. The Morgan fingerprint density at radius 2 is 1.75 bits per heavy atom. The molecule has 1 N–H and O–H groups in total. The lowest BCUT2D eigenvalue weighted by Gasteiger charge is -2.33. The largest absolute Gasteiger partial charge is 0.453 e. The Kier molecular flexibility index (Phi) is 5.79. The van der Waals surface area contributed by atoms with Crippen molar-refractivity contribution in [2.45, 2.75) is 38.3 Å². The lowest BCUT2D eigenvalue weighted by Crippen LogP contribution is -2.44. The summed E-state index contributed by atoms with van der Waals surface area (Å²) in [5.41, 5.74) is 1.01. The molecule has 1 saturated heterocycles. The molecule has 0 atom stereocenters. The molecule has 3 heterocycles. The van der Waals surface area contributed by atoms with Gasteiger partial charge in [-0.25, -0.2) is 0 Å². The first kappa shape index (κ1) is 22.0. The number of anilines is 1. The van der Waals surface area contributed by atoms with Crippen LogP contribution in [0.4, 0.5) is 19.0 Å². The van der Waals surface area contributed by atoms with E-state index in [1.165, 1.54) is 6.07 Å². The minimum absolute atomic E-state index is 0.00948. The molecule has 0 saturated carbocycles. The fourth-order valence-corrected chi connectivity index (χ4v) is 3.94. The van der Waals surface area contributed by atoms with Crippen molar-refractivity contribution >= 4 is 17.4 Å². The van der Waals surface area contributed by atoms with Gasteiger partial charge in [0.25, 0.3) is 5.82 Å². The van der Waals surface area contributed by atoms with E-state index in [-0.39, 0.29) is 22.9 Å². The topological polar surface area (TPSA) is 75.4 Å². The highest BCUT2D eigenvalue weighted by Gasteiger charge is 2.38. The molecule has 7 nitrogen and oxygen atoms in total. The average Bonchev–Trinajstić information content (AvgIpc) is 3.22. The van der Waals surface area contributed by atoms with Crippen molar-refractivity contribution in [1.29, 1.82) is 0 Å². The van der Waals surface area contributed by atoms with Crippen molar-refractivity contribution in [3.05, 3.63) is 53.9 Å². The molecular weight excluding hydrogens is 421 g/mol. The number of nitrogens with zero attached hydrogens (tertiary/aromatic N) is 5. The third-order valence-corrected chi connectivity index (χ3v) is 5.95. The summed E-state index contributed by atoms with van der Waals surface area (Å²) >= 11 is 0. The zero-order valence-corrected chi connectivity index (χ0v) is 17.9. The van der Waals surface area contributed by atoms with Crippen LogP contribution in [-0.4, -0.2) is 45.4 Å². The van der Waals surface area contributed by atoms with Crippen molar-refractivity contribution in [2.24, 2.45) is 5.92 Å². The molecule has 1 fully saturated rings. The number of fused-ring (bicyclic) bond motifs is 1. The van der Waals surface area contributed by atoms with Gasteiger partial charge in [0.1, 0.15) is 5.82 Å². The number of amides is 1. The minimum Gasteiger partial charge on any atom is -0.355 e. The molecule has 0 aliphatic carbocycles. The maximum atomic E-state index is 13.1. The second-order valence-electron chi connectivity index (χ2n) is 8.71. The molecule has 1 aromatic carbocycles. The number of hydrogen-bond donors (Lipinski definition) is 1. The minimum atomic E-state index is -4.64. The van der Waals surface area contributed by atoms with E-state index in [1.54, 1.807) is 6.07 Å². The number of halogens is 3. The number of aromatic nitrogens is 4. The predicted octanol–water partition coefficient (Wildman–Crippen LogP) is 3.45. The number of alkyl halides is 3. The third kappa shape index (κ3) is 4.53. The van der Waals surface area contributed by atoms with Crippen LogP contribution in [-0.2, 0) is 16.4 Å². The normalized spacial score (nSPS) is 15.8. The van der Waals surface area contributed by atoms with Crippen molar-refractivity contribution in [1.82, 2.24) is 25.1 Å².